The van der Waals surface area contributed by atoms with Crippen molar-refractivity contribution in [2.75, 3.05) is 10.2 Å². The van der Waals surface area contributed by atoms with E-state index in [1.54, 1.807) is 92.7 Å². The molecule has 2 aromatic heterocycles. The SMILES string of the molecule is CC(C)(C(N)=O)c1nc2ccc(C3(O)c4ccccc4C(=O)N3Cc3ccccc3)cc2[nH]1.O=C(O)Nc1nc2ccc(C3(O)c4ccccc4C(=O)N3c3cc(F)cc(Cl)c3)cc2[nH]1. The van der Waals surface area contributed by atoms with Crippen molar-refractivity contribution < 1.29 is 38.9 Å². The Bertz CT molecular complexity index is 3230. The van der Waals surface area contributed by atoms with E-state index >= 15 is 0 Å². The number of H-pyrrole nitrogens is 2. The third-order valence-corrected chi connectivity index (χ3v) is 11.9. The minimum absolute atomic E-state index is 0.00769. The first-order valence-electron chi connectivity index (χ1n) is 20.1. The highest BCUT2D eigenvalue weighted by Gasteiger charge is 2.52. The predicted octanol–water partition coefficient (Wildman–Crippen LogP) is 7.47. The normalized spacial score (nSPS) is 17.8. The zero-order valence-corrected chi connectivity index (χ0v) is 35.3. The molecule has 0 fully saturated rings. The van der Waals surface area contributed by atoms with Crippen LogP contribution in [-0.4, -0.2) is 64.0 Å². The van der Waals surface area contributed by atoms with Crippen LogP contribution in [0.15, 0.2) is 133 Å². The van der Waals surface area contributed by atoms with Crippen molar-refractivity contribution in [1.82, 2.24) is 24.8 Å². The van der Waals surface area contributed by atoms with Crippen molar-refractivity contribution in [3.05, 3.63) is 189 Å². The number of carboxylic acid groups (broad SMARTS) is 1. The molecule has 2 aliphatic heterocycles. The molecule has 8 N–H and O–H groups in total. The van der Waals surface area contributed by atoms with Crippen LogP contribution in [0.4, 0.5) is 20.8 Å². The van der Waals surface area contributed by atoms with Gasteiger partial charge in [-0.3, -0.25) is 29.5 Å². The molecule has 8 aromatic rings. The van der Waals surface area contributed by atoms with Crippen molar-refractivity contribution >= 4 is 69.1 Å². The van der Waals surface area contributed by atoms with Crippen molar-refractivity contribution in [2.24, 2.45) is 5.73 Å². The second-order valence-corrected chi connectivity index (χ2v) is 16.6. The van der Waals surface area contributed by atoms with E-state index in [1.807, 2.05) is 36.4 Å². The Balaban J connectivity index is 0.000000164. The first kappa shape index (κ1) is 42.4. The Morgan fingerprint density at radius 3 is 1.95 bits per heavy atom. The number of benzene rings is 6. The fourth-order valence-electron chi connectivity index (χ4n) is 8.32. The van der Waals surface area contributed by atoms with Gasteiger partial charge in [0.05, 0.1) is 27.8 Å². The number of anilines is 2. The van der Waals surface area contributed by atoms with Gasteiger partial charge in [0.1, 0.15) is 17.1 Å². The molecule has 0 spiro atoms. The van der Waals surface area contributed by atoms with E-state index in [9.17, 15) is 33.8 Å². The number of carbonyl (C=O) groups is 4. The Morgan fingerprint density at radius 2 is 1.32 bits per heavy atom. The number of halogens is 2. The van der Waals surface area contributed by atoms with Gasteiger partial charge in [0.15, 0.2) is 11.4 Å². The molecule has 10 rings (SSSR count). The first-order valence-corrected chi connectivity index (χ1v) is 20.5. The number of aromatic nitrogens is 4. The lowest BCUT2D eigenvalue weighted by atomic mass is 9.92. The van der Waals surface area contributed by atoms with Crippen LogP contribution in [0, 0.1) is 5.82 Å². The molecule has 0 radical (unpaired) electrons. The molecule has 4 heterocycles. The van der Waals surface area contributed by atoms with Crippen LogP contribution in [0.2, 0.25) is 5.02 Å². The molecule has 2 unspecified atom stereocenters. The van der Waals surface area contributed by atoms with Gasteiger partial charge in [-0.2, -0.15) is 0 Å². The summed E-state index contributed by atoms with van der Waals surface area (Å²) < 4.78 is 14.1. The van der Waals surface area contributed by atoms with Crippen molar-refractivity contribution in [3.63, 3.8) is 0 Å². The third kappa shape index (κ3) is 7.09. The molecule has 0 bridgehead atoms. The van der Waals surface area contributed by atoms with Gasteiger partial charge in [0.2, 0.25) is 11.9 Å². The number of carbonyl (C=O) groups excluding carboxylic acids is 3. The van der Waals surface area contributed by atoms with Gasteiger partial charge in [-0.25, -0.2) is 19.2 Å². The van der Waals surface area contributed by atoms with Gasteiger partial charge in [0.25, 0.3) is 11.8 Å². The lowest BCUT2D eigenvalue weighted by Gasteiger charge is -2.35. The van der Waals surface area contributed by atoms with Crippen LogP contribution in [0.25, 0.3) is 22.1 Å². The number of aromatic amines is 2. The molecule has 2 atom stereocenters. The Hall–Kier alpha value is -7.92. The van der Waals surface area contributed by atoms with Crippen LogP contribution in [-0.2, 0) is 28.2 Å². The van der Waals surface area contributed by atoms with E-state index in [-0.39, 0.29) is 40.2 Å². The minimum Gasteiger partial charge on any atom is -0.465 e. The number of nitrogens with zero attached hydrogens (tertiary/aromatic N) is 4. The average molecular weight is 893 g/mol. The summed E-state index contributed by atoms with van der Waals surface area (Å²) >= 11 is 6.02. The molecule has 6 aromatic carbocycles. The van der Waals surface area contributed by atoms with Crippen molar-refractivity contribution in [1.29, 1.82) is 0 Å². The van der Waals surface area contributed by atoms with Crippen molar-refractivity contribution in [3.8, 4) is 0 Å². The van der Waals surface area contributed by atoms with Gasteiger partial charge in [0, 0.05) is 44.9 Å². The van der Waals surface area contributed by atoms with Gasteiger partial charge < -0.3 is 31.0 Å². The van der Waals surface area contributed by atoms with E-state index in [2.05, 4.69) is 25.3 Å². The van der Waals surface area contributed by atoms with Crippen LogP contribution >= 0.6 is 11.6 Å². The fourth-order valence-corrected chi connectivity index (χ4v) is 8.54. The largest absolute Gasteiger partial charge is 0.465 e. The molecule has 2 aliphatic rings. The third-order valence-electron chi connectivity index (χ3n) is 11.7. The van der Waals surface area contributed by atoms with Gasteiger partial charge in [-0.05, 0) is 74.0 Å². The summed E-state index contributed by atoms with van der Waals surface area (Å²) in [5.41, 5.74) is 6.44. The topological polar surface area (TPSA) is 231 Å². The Morgan fingerprint density at radius 1 is 0.754 bits per heavy atom. The van der Waals surface area contributed by atoms with Crippen LogP contribution in [0.5, 0.6) is 0 Å². The van der Waals surface area contributed by atoms with E-state index in [4.69, 9.17) is 22.4 Å². The second-order valence-electron chi connectivity index (χ2n) is 16.1. The van der Waals surface area contributed by atoms with E-state index < -0.39 is 40.6 Å². The van der Waals surface area contributed by atoms with Crippen LogP contribution in [0.3, 0.4) is 0 Å². The molecular weight excluding hydrogens is 855 g/mol. The second kappa shape index (κ2) is 15.7. The standard InChI is InChI=1S/C26H24N4O3.C22H14ClFN4O4/c1-25(2,23(27)32)24-28-20-13-12-17(14-21(20)29-24)26(33)19-11-7-6-10-18(19)22(31)30(26)15-16-8-4-3-5-9-16;23-12-8-13(24)10-14(9-12)28-19(29)15-3-1-2-4-16(15)22(28,32)11-5-6-17-18(7-11)26-20(25-17)27-21(30)31/h3-14,33H,15H2,1-2H3,(H2,27,32)(H,28,29);1-10,32H,(H,30,31)(H2,25,26,27). The van der Waals surface area contributed by atoms with Crippen LogP contribution in [0.1, 0.15) is 68.2 Å². The number of primary amides is 1. The summed E-state index contributed by atoms with van der Waals surface area (Å²) in [6.07, 6.45) is -1.28. The van der Waals surface area contributed by atoms with Gasteiger partial charge in [-0.1, -0.05) is 90.5 Å². The molecule has 0 saturated carbocycles. The summed E-state index contributed by atoms with van der Waals surface area (Å²) in [4.78, 5) is 66.7. The van der Waals surface area contributed by atoms with E-state index in [0.29, 0.717) is 50.1 Å². The fraction of sp³-hybridized carbons (Fsp3) is 0.125. The summed E-state index contributed by atoms with van der Waals surface area (Å²) in [6, 6.07) is 36.8. The van der Waals surface area contributed by atoms with E-state index in [0.717, 1.165) is 22.6 Å². The number of hydrogen-bond acceptors (Lipinski definition) is 8. The molecule has 0 saturated heterocycles. The van der Waals surface area contributed by atoms with E-state index in [1.165, 1.54) is 11.0 Å². The molecule has 65 heavy (non-hydrogen) atoms. The smallest absolute Gasteiger partial charge is 0.411 e. The van der Waals surface area contributed by atoms with Gasteiger partial charge in [-0.15, -0.1) is 0 Å². The molecular formula is C48H38ClFN8O7. The number of amides is 4. The van der Waals surface area contributed by atoms with Gasteiger partial charge >= 0.3 is 6.09 Å². The summed E-state index contributed by atoms with van der Waals surface area (Å²) in [5.74, 6) is -1.47. The molecule has 15 nitrogen and oxygen atoms in total. The molecule has 17 heteroatoms. The number of nitrogens with two attached hydrogens (primary N) is 1. The lowest BCUT2D eigenvalue weighted by Crippen LogP contribution is -2.45. The number of fused-ring (bicyclic) bond motifs is 4. The highest BCUT2D eigenvalue weighted by molar-refractivity contribution is 6.31. The highest BCUT2D eigenvalue weighted by atomic mass is 35.5. The molecule has 0 aliphatic carbocycles. The highest BCUT2D eigenvalue weighted by Crippen LogP contribution is 2.47. The quantitative estimate of drug-likeness (QED) is 0.0801. The molecule has 4 amide bonds. The number of nitrogens with one attached hydrogen (secondary N) is 3. The summed E-state index contributed by atoms with van der Waals surface area (Å²) in [5, 5.41) is 35.2. The summed E-state index contributed by atoms with van der Waals surface area (Å²) in [7, 11) is 0. The number of aliphatic hydroxyl groups is 2. The molecule has 326 valence electrons. The monoisotopic (exact) mass is 892 g/mol. The number of rotatable bonds is 8. The predicted molar refractivity (Wildman–Crippen MR) is 239 cm³/mol. The van der Waals surface area contributed by atoms with Crippen LogP contribution < -0.4 is 16.0 Å². The maximum absolute atomic E-state index is 14.1. The average Bonchev–Trinajstić information content (AvgIpc) is 4.01. The summed E-state index contributed by atoms with van der Waals surface area (Å²) in [6.45, 7) is 3.65. The maximum Gasteiger partial charge on any atom is 0.411 e. The van der Waals surface area contributed by atoms with Crippen molar-refractivity contribution in [2.45, 2.75) is 37.3 Å². The number of imidazole rings is 2. The number of hydrogen-bond donors (Lipinski definition) is 7. The Kier molecular flexibility index (Phi) is 10.2. The zero-order valence-electron chi connectivity index (χ0n) is 34.5. The first-order chi connectivity index (χ1) is 31.0. The minimum atomic E-state index is -1.98. The Labute approximate surface area is 373 Å². The zero-order chi connectivity index (χ0) is 46.0. The maximum atomic E-state index is 14.1. The lowest BCUT2D eigenvalue weighted by molar-refractivity contribution is -0.122.